The van der Waals surface area contributed by atoms with Crippen LogP contribution in [0.5, 0.6) is 0 Å². The Balaban J connectivity index is 1.59. The van der Waals surface area contributed by atoms with Gasteiger partial charge in [0.1, 0.15) is 11.2 Å². The molecule has 0 spiro atoms. The van der Waals surface area contributed by atoms with Crippen molar-refractivity contribution in [2.24, 2.45) is 0 Å². The first-order valence-corrected chi connectivity index (χ1v) is 13.2. The van der Waals surface area contributed by atoms with Crippen molar-refractivity contribution in [3.63, 3.8) is 0 Å². The van der Waals surface area contributed by atoms with Gasteiger partial charge in [-0.25, -0.2) is 0 Å². The SMILES string of the molecule is [2H]c1c([2H])c([2H])c(-c2c([2H])c([2H])c(-c3c4c([2H])c([2H])c([2H])c([2H])c4c(-c4c([2H])c([2H])c([2H])c5c4oc4c([2H])c([2H])c([2H])c(-c6c([2H])c([2H])c([2H])c([2H])c6[2H])c45)c4c([2H])c([2H])c([2H])c([2H])c34)c([2H])c2[2H])c([2H])c1[2H]. The molecule has 8 aromatic carbocycles. The summed E-state index contributed by atoms with van der Waals surface area (Å²) in [4.78, 5) is 0. The van der Waals surface area contributed by atoms with Crippen molar-refractivity contribution in [2.45, 2.75) is 0 Å². The topological polar surface area (TPSA) is 13.1 Å². The molecule has 0 radical (unpaired) electrons. The summed E-state index contributed by atoms with van der Waals surface area (Å²) in [5, 5.41) is -4.18. The van der Waals surface area contributed by atoms with Crippen molar-refractivity contribution in [3.8, 4) is 44.5 Å². The Kier molecular flexibility index (Phi) is 2.32. The summed E-state index contributed by atoms with van der Waals surface area (Å²) >= 11 is 0. The van der Waals surface area contributed by atoms with E-state index in [-0.39, 0.29) is 0 Å². The third kappa shape index (κ3) is 4.09. The third-order valence-corrected chi connectivity index (χ3v) is 7.12. The number of para-hydroxylation sites is 1. The van der Waals surface area contributed by atoms with E-state index < -0.39 is 257 Å². The first-order chi connectivity index (χ1) is 34.0. The second kappa shape index (κ2) is 10.4. The van der Waals surface area contributed by atoms with Crippen LogP contribution >= 0.6 is 0 Å². The predicted molar refractivity (Wildman–Crippen MR) is 190 cm³/mol. The maximum atomic E-state index is 9.47. The highest BCUT2D eigenvalue weighted by Gasteiger charge is 2.21. The molecule has 1 aromatic heterocycles. The fourth-order valence-corrected chi connectivity index (χ4v) is 5.28. The van der Waals surface area contributed by atoms with Crippen molar-refractivity contribution in [3.05, 3.63) is 169 Å². The van der Waals surface area contributed by atoms with Crippen molar-refractivity contribution >= 4 is 43.5 Å². The number of furan rings is 1. The molecule has 0 aliphatic carbocycles. The van der Waals surface area contributed by atoms with E-state index in [9.17, 15) is 15.1 Å². The number of hydrogen-bond acceptors (Lipinski definition) is 1. The second-order valence-corrected chi connectivity index (χ2v) is 9.51. The van der Waals surface area contributed by atoms with Crippen LogP contribution in [0.15, 0.2) is 174 Å². The molecule has 9 rings (SSSR count). The molecule has 0 aliphatic rings. The van der Waals surface area contributed by atoms with E-state index in [2.05, 4.69) is 0 Å². The summed E-state index contributed by atoms with van der Waals surface area (Å²) in [6.45, 7) is 0. The zero-order chi connectivity index (χ0) is 54.1. The Labute approximate surface area is 301 Å². The van der Waals surface area contributed by atoms with Gasteiger partial charge in [-0.2, -0.15) is 0 Å². The Morgan fingerprint density at radius 3 is 1.44 bits per heavy atom. The van der Waals surface area contributed by atoms with Gasteiger partial charge in [0.15, 0.2) is 0 Å². The standard InChI is InChI=1S/C44H28O/c1-3-13-29(14-4-1)30-25-27-32(28-26-30)41-34-17-7-9-19-36(34)42(37-20-10-8-18-35(37)41)38-22-11-23-39-43-33(31-15-5-2-6-16-31)21-12-24-40(43)45-44(38)39/h1-28H/i1D,2D,3D,4D,5D,6D,7D,8D,9D,10D,11D,12D,13D,14D,15D,16D,17D,18D,19D,20D,21D,22D,23D,24D,25D,26D,27D,28D. The van der Waals surface area contributed by atoms with Crippen LogP contribution in [0, 0.1) is 0 Å². The van der Waals surface area contributed by atoms with Gasteiger partial charge in [-0.3, -0.25) is 0 Å². The molecule has 0 N–H and O–H groups in total. The van der Waals surface area contributed by atoms with Crippen molar-refractivity contribution < 1.29 is 42.8 Å². The Hall–Kier alpha value is -5.92. The zero-order valence-electron chi connectivity index (χ0n) is 50.4. The van der Waals surface area contributed by atoms with E-state index >= 15 is 0 Å². The maximum Gasteiger partial charge on any atom is 0.143 e. The van der Waals surface area contributed by atoms with Crippen LogP contribution in [0.2, 0.25) is 0 Å². The predicted octanol–water partition coefficient (Wildman–Crippen LogP) is 12.6. The van der Waals surface area contributed by atoms with E-state index in [0.29, 0.717) is 0 Å². The molecule has 45 heavy (non-hydrogen) atoms. The molecule has 9 aromatic rings. The molecule has 0 amide bonds. The molecular formula is C44H28O. The first kappa shape index (κ1) is 10.1. The van der Waals surface area contributed by atoms with Crippen LogP contribution in [-0.4, -0.2) is 0 Å². The molecule has 0 fully saturated rings. The Bertz CT molecular complexity index is 3950. The fourth-order valence-electron chi connectivity index (χ4n) is 5.28. The Morgan fingerprint density at radius 2 is 0.800 bits per heavy atom. The molecule has 0 saturated heterocycles. The van der Waals surface area contributed by atoms with Gasteiger partial charge in [-0.1, -0.05) is 163 Å². The fraction of sp³-hybridized carbons (Fsp3) is 0. The second-order valence-electron chi connectivity index (χ2n) is 9.51. The lowest BCUT2D eigenvalue weighted by atomic mass is 9.85. The molecule has 1 heterocycles. The van der Waals surface area contributed by atoms with Gasteiger partial charge in [-0.15, -0.1) is 0 Å². The minimum Gasteiger partial charge on any atom is -0.455 e. The third-order valence-electron chi connectivity index (χ3n) is 7.12. The first-order valence-electron chi connectivity index (χ1n) is 27.2. The zero-order valence-corrected chi connectivity index (χ0v) is 22.4. The highest BCUT2D eigenvalue weighted by atomic mass is 16.3. The van der Waals surface area contributed by atoms with Gasteiger partial charge >= 0.3 is 0 Å². The summed E-state index contributed by atoms with van der Waals surface area (Å²) in [6.07, 6.45) is 0. The van der Waals surface area contributed by atoms with E-state index in [1.165, 1.54) is 0 Å². The smallest absolute Gasteiger partial charge is 0.143 e. The van der Waals surface area contributed by atoms with Gasteiger partial charge in [0.05, 0.1) is 38.4 Å². The van der Waals surface area contributed by atoms with E-state index in [1.807, 2.05) is 0 Å². The molecule has 0 aliphatic heterocycles. The molecular weight excluding hydrogens is 544 g/mol. The summed E-state index contributed by atoms with van der Waals surface area (Å²) in [6, 6.07) is -26.8. The molecule has 0 bridgehead atoms. The minimum atomic E-state index is -1.08. The maximum absolute atomic E-state index is 9.47. The number of fused-ring (bicyclic) bond motifs is 5. The summed E-state index contributed by atoms with van der Waals surface area (Å²) in [7, 11) is 0. The lowest BCUT2D eigenvalue weighted by Crippen LogP contribution is -1.91. The molecule has 1 heteroatoms. The van der Waals surface area contributed by atoms with E-state index in [4.69, 9.17) is 27.7 Å². The van der Waals surface area contributed by atoms with Gasteiger partial charge < -0.3 is 4.42 Å². The Morgan fingerprint density at radius 1 is 0.333 bits per heavy atom. The quantitative estimate of drug-likeness (QED) is 0.183. The number of hydrogen-bond donors (Lipinski definition) is 0. The monoisotopic (exact) mass is 600 g/mol. The van der Waals surface area contributed by atoms with Gasteiger partial charge in [-0.05, 0) is 61.0 Å². The highest BCUT2D eigenvalue weighted by Crippen LogP contribution is 2.47. The van der Waals surface area contributed by atoms with Gasteiger partial charge in [0, 0.05) is 21.9 Å². The van der Waals surface area contributed by atoms with Crippen LogP contribution in [0.1, 0.15) is 38.4 Å². The molecule has 0 unspecified atom stereocenters. The van der Waals surface area contributed by atoms with Gasteiger partial charge in [0.25, 0.3) is 0 Å². The normalized spacial score (nSPS) is 20.3. The van der Waals surface area contributed by atoms with E-state index in [0.717, 1.165) is 0 Å². The largest absolute Gasteiger partial charge is 0.455 e. The van der Waals surface area contributed by atoms with Crippen molar-refractivity contribution in [1.82, 2.24) is 0 Å². The molecule has 1 nitrogen and oxygen atoms in total. The number of benzene rings is 8. The van der Waals surface area contributed by atoms with Crippen LogP contribution in [0.25, 0.3) is 88.0 Å². The lowest BCUT2D eigenvalue weighted by molar-refractivity contribution is 0.670. The highest BCUT2D eigenvalue weighted by molar-refractivity contribution is 6.25. The molecule has 210 valence electrons. The van der Waals surface area contributed by atoms with Crippen LogP contribution in [0.3, 0.4) is 0 Å². The van der Waals surface area contributed by atoms with Crippen molar-refractivity contribution in [2.75, 3.05) is 0 Å². The summed E-state index contributed by atoms with van der Waals surface area (Å²) < 4.78 is 255. The summed E-state index contributed by atoms with van der Waals surface area (Å²) in [5.41, 5.74) is -7.43. The number of rotatable bonds is 4. The van der Waals surface area contributed by atoms with Crippen molar-refractivity contribution in [1.29, 1.82) is 0 Å². The molecule has 0 atom stereocenters. The average molecular weight is 601 g/mol. The van der Waals surface area contributed by atoms with Crippen LogP contribution in [0.4, 0.5) is 0 Å². The van der Waals surface area contributed by atoms with E-state index in [1.54, 1.807) is 0 Å². The summed E-state index contributed by atoms with van der Waals surface area (Å²) in [5.74, 6) is 0. The molecule has 0 saturated carbocycles. The van der Waals surface area contributed by atoms with Crippen LogP contribution in [-0.2, 0) is 0 Å². The van der Waals surface area contributed by atoms with Crippen LogP contribution < -0.4 is 0 Å². The average Bonchev–Trinajstić information content (AvgIpc) is 3.75. The van der Waals surface area contributed by atoms with Gasteiger partial charge in [0.2, 0.25) is 0 Å². The minimum absolute atomic E-state index is 0.545. The lowest BCUT2D eigenvalue weighted by Gasteiger charge is -2.18.